The molecule has 0 aromatic heterocycles. The first-order chi connectivity index (χ1) is 7.48. The third-order valence-electron chi connectivity index (χ3n) is 2.59. The van der Waals surface area contributed by atoms with E-state index in [-0.39, 0.29) is 5.54 Å². The number of rotatable bonds is 5. The van der Waals surface area contributed by atoms with E-state index in [0.29, 0.717) is 5.69 Å². The maximum Gasteiger partial charge on any atom is 0.143 e. The predicted octanol–water partition coefficient (Wildman–Crippen LogP) is 3.27. The zero-order chi connectivity index (χ0) is 12.2. The van der Waals surface area contributed by atoms with Gasteiger partial charge in [0.2, 0.25) is 0 Å². The minimum atomic E-state index is 0.0931. The average Bonchev–Trinajstić information content (AvgIpc) is 2.20. The van der Waals surface area contributed by atoms with Crippen LogP contribution in [0.4, 0.5) is 11.4 Å². The molecular formula is C13H22N2O. The van der Waals surface area contributed by atoms with E-state index < -0.39 is 0 Å². The van der Waals surface area contributed by atoms with Gasteiger partial charge in [0.25, 0.3) is 0 Å². The quantitative estimate of drug-likeness (QED) is 0.752. The van der Waals surface area contributed by atoms with Crippen molar-refractivity contribution in [3.8, 4) is 5.75 Å². The lowest BCUT2D eigenvalue weighted by Gasteiger charge is -2.27. The summed E-state index contributed by atoms with van der Waals surface area (Å²) in [5.74, 6) is 0.720. The standard InChI is InChI=1S/C13H22N2O/c1-5-8-13(2,3)15-10-6-7-11(14)12(9-10)16-4/h6-7,9,15H,5,8,14H2,1-4H3. The topological polar surface area (TPSA) is 47.3 Å². The molecule has 90 valence electrons. The summed E-state index contributed by atoms with van der Waals surface area (Å²) in [7, 11) is 1.63. The zero-order valence-corrected chi connectivity index (χ0v) is 10.6. The van der Waals surface area contributed by atoms with Crippen molar-refractivity contribution in [2.45, 2.75) is 39.2 Å². The monoisotopic (exact) mass is 222 g/mol. The Morgan fingerprint density at radius 3 is 2.62 bits per heavy atom. The van der Waals surface area contributed by atoms with Crippen molar-refractivity contribution in [1.29, 1.82) is 0 Å². The summed E-state index contributed by atoms with van der Waals surface area (Å²) in [4.78, 5) is 0. The van der Waals surface area contributed by atoms with E-state index in [0.717, 1.165) is 24.3 Å². The molecule has 0 heterocycles. The normalized spacial score (nSPS) is 11.2. The molecule has 16 heavy (non-hydrogen) atoms. The number of benzene rings is 1. The minimum Gasteiger partial charge on any atom is -0.495 e. The molecule has 1 aromatic rings. The molecule has 0 radical (unpaired) electrons. The Labute approximate surface area is 98.0 Å². The van der Waals surface area contributed by atoms with Gasteiger partial charge in [-0.05, 0) is 32.4 Å². The van der Waals surface area contributed by atoms with E-state index in [1.165, 1.54) is 0 Å². The number of nitrogens with two attached hydrogens (primary N) is 1. The first kappa shape index (κ1) is 12.7. The maximum absolute atomic E-state index is 5.77. The molecule has 0 spiro atoms. The van der Waals surface area contributed by atoms with E-state index in [1.54, 1.807) is 7.11 Å². The van der Waals surface area contributed by atoms with Gasteiger partial charge in [-0.15, -0.1) is 0 Å². The third kappa shape index (κ3) is 3.33. The smallest absolute Gasteiger partial charge is 0.143 e. The highest BCUT2D eigenvalue weighted by molar-refractivity contribution is 5.61. The van der Waals surface area contributed by atoms with Gasteiger partial charge in [0.05, 0.1) is 12.8 Å². The molecule has 0 fully saturated rings. The molecule has 0 aliphatic rings. The Hall–Kier alpha value is -1.38. The molecule has 0 atom stereocenters. The Morgan fingerprint density at radius 1 is 1.38 bits per heavy atom. The summed E-state index contributed by atoms with van der Waals surface area (Å²) in [6.07, 6.45) is 2.28. The molecule has 3 N–H and O–H groups in total. The summed E-state index contributed by atoms with van der Waals surface area (Å²) >= 11 is 0. The van der Waals surface area contributed by atoms with E-state index in [2.05, 4.69) is 26.1 Å². The SMILES string of the molecule is CCCC(C)(C)Nc1ccc(N)c(OC)c1. The maximum atomic E-state index is 5.77. The fourth-order valence-corrected chi connectivity index (χ4v) is 1.87. The molecule has 0 unspecified atom stereocenters. The van der Waals surface area contributed by atoms with Gasteiger partial charge in [-0.1, -0.05) is 13.3 Å². The van der Waals surface area contributed by atoms with E-state index in [9.17, 15) is 0 Å². The van der Waals surface area contributed by atoms with Crippen LogP contribution in [-0.4, -0.2) is 12.6 Å². The van der Waals surface area contributed by atoms with Gasteiger partial charge in [0.15, 0.2) is 0 Å². The highest BCUT2D eigenvalue weighted by Gasteiger charge is 2.16. The summed E-state index contributed by atoms with van der Waals surface area (Å²) in [6.45, 7) is 6.58. The number of ether oxygens (including phenoxy) is 1. The van der Waals surface area contributed by atoms with Crippen molar-refractivity contribution >= 4 is 11.4 Å². The van der Waals surface area contributed by atoms with Crippen LogP contribution >= 0.6 is 0 Å². The molecule has 0 amide bonds. The number of nitrogen functional groups attached to an aromatic ring is 1. The summed E-state index contributed by atoms with van der Waals surface area (Å²) in [6, 6.07) is 5.78. The highest BCUT2D eigenvalue weighted by Crippen LogP contribution is 2.27. The van der Waals surface area contributed by atoms with Gasteiger partial charge < -0.3 is 15.8 Å². The molecular weight excluding hydrogens is 200 g/mol. The van der Waals surface area contributed by atoms with Crippen LogP contribution in [0.1, 0.15) is 33.6 Å². The number of anilines is 2. The Morgan fingerprint density at radius 2 is 2.06 bits per heavy atom. The molecule has 0 bridgehead atoms. The van der Waals surface area contributed by atoms with E-state index in [1.807, 2.05) is 18.2 Å². The molecule has 0 saturated carbocycles. The van der Waals surface area contributed by atoms with Crippen molar-refractivity contribution in [3.05, 3.63) is 18.2 Å². The van der Waals surface area contributed by atoms with Crippen LogP contribution in [0.3, 0.4) is 0 Å². The largest absolute Gasteiger partial charge is 0.495 e. The van der Waals surface area contributed by atoms with Crippen molar-refractivity contribution in [2.24, 2.45) is 0 Å². The summed E-state index contributed by atoms with van der Waals surface area (Å²) in [5.41, 5.74) is 7.58. The second-order valence-corrected chi connectivity index (χ2v) is 4.72. The third-order valence-corrected chi connectivity index (χ3v) is 2.59. The molecule has 0 aliphatic carbocycles. The summed E-state index contributed by atoms with van der Waals surface area (Å²) < 4.78 is 5.20. The molecule has 0 aliphatic heterocycles. The molecule has 0 saturated heterocycles. The highest BCUT2D eigenvalue weighted by atomic mass is 16.5. The minimum absolute atomic E-state index is 0.0931. The zero-order valence-electron chi connectivity index (χ0n) is 10.6. The first-order valence-electron chi connectivity index (χ1n) is 5.70. The van der Waals surface area contributed by atoms with Gasteiger partial charge >= 0.3 is 0 Å². The first-order valence-corrected chi connectivity index (χ1v) is 5.70. The van der Waals surface area contributed by atoms with Crippen molar-refractivity contribution in [2.75, 3.05) is 18.2 Å². The van der Waals surface area contributed by atoms with Crippen molar-refractivity contribution < 1.29 is 4.74 Å². The lowest BCUT2D eigenvalue weighted by atomic mass is 9.98. The number of methoxy groups -OCH3 is 1. The fraction of sp³-hybridized carbons (Fsp3) is 0.538. The predicted molar refractivity (Wildman–Crippen MR) is 70.0 cm³/mol. The van der Waals surface area contributed by atoms with Crippen LogP contribution < -0.4 is 15.8 Å². The molecule has 1 aromatic carbocycles. The van der Waals surface area contributed by atoms with Gasteiger partial charge in [-0.25, -0.2) is 0 Å². The van der Waals surface area contributed by atoms with Gasteiger partial charge in [0, 0.05) is 17.3 Å². The van der Waals surface area contributed by atoms with Crippen LogP contribution in [-0.2, 0) is 0 Å². The average molecular weight is 222 g/mol. The Kier molecular flexibility index (Phi) is 4.05. The van der Waals surface area contributed by atoms with Crippen LogP contribution in [0.5, 0.6) is 5.75 Å². The van der Waals surface area contributed by atoms with Gasteiger partial charge in [0.1, 0.15) is 5.75 Å². The van der Waals surface area contributed by atoms with Gasteiger partial charge in [-0.3, -0.25) is 0 Å². The van der Waals surface area contributed by atoms with Crippen LogP contribution in [0.15, 0.2) is 18.2 Å². The Bertz CT molecular complexity index is 348. The van der Waals surface area contributed by atoms with Crippen LogP contribution in [0, 0.1) is 0 Å². The molecule has 3 heteroatoms. The lowest BCUT2D eigenvalue weighted by Crippen LogP contribution is -2.30. The van der Waals surface area contributed by atoms with E-state index >= 15 is 0 Å². The molecule has 3 nitrogen and oxygen atoms in total. The molecule has 1 rings (SSSR count). The number of nitrogens with one attached hydrogen (secondary N) is 1. The summed E-state index contributed by atoms with van der Waals surface area (Å²) in [5, 5.41) is 3.49. The number of hydrogen-bond donors (Lipinski definition) is 2. The second kappa shape index (κ2) is 5.10. The Balaban J connectivity index is 2.81. The van der Waals surface area contributed by atoms with E-state index in [4.69, 9.17) is 10.5 Å². The lowest BCUT2D eigenvalue weighted by molar-refractivity contribution is 0.417. The van der Waals surface area contributed by atoms with Crippen molar-refractivity contribution in [1.82, 2.24) is 0 Å². The van der Waals surface area contributed by atoms with Crippen molar-refractivity contribution in [3.63, 3.8) is 0 Å². The fourth-order valence-electron chi connectivity index (χ4n) is 1.87. The number of hydrogen-bond acceptors (Lipinski definition) is 3. The second-order valence-electron chi connectivity index (χ2n) is 4.72. The van der Waals surface area contributed by atoms with Crippen LogP contribution in [0.25, 0.3) is 0 Å². The van der Waals surface area contributed by atoms with Crippen LogP contribution in [0.2, 0.25) is 0 Å². The van der Waals surface area contributed by atoms with Gasteiger partial charge in [-0.2, -0.15) is 0 Å².